The quantitative estimate of drug-likeness (QED) is 0.307. The minimum Gasteiger partial charge on any atom is -0.400 e. The molecular formula is C13H22ClN5O4. The lowest BCUT2D eigenvalue weighted by Crippen LogP contribution is -2.34. The van der Waals surface area contributed by atoms with Gasteiger partial charge in [0.1, 0.15) is 4.92 Å². The van der Waals surface area contributed by atoms with Gasteiger partial charge in [0.2, 0.25) is 0 Å². The Balaban J connectivity index is 0.00000484. The molecular weight excluding hydrogens is 326 g/mol. The van der Waals surface area contributed by atoms with E-state index in [-0.39, 0.29) is 24.1 Å². The van der Waals surface area contributed by atoms with Crippen LogP contribution in [0.15, 0.2) is 21.7 Å². The summed E-state index contributed by atoms with van der Waals surface area (Å²) in [5.74, 6) is -0.184. The van der Waals surface area contributed by atoms with Crippen LogP contribution in [-0.2, 0) is 0 Å². The van der Waals surface area contributed by atoms with Crippen molar-refractivity contribution in [2.75, 3.05) is 26.2 Å². The maximum absolute atomic E-state index is 11.4. The number of hydrogen-bond acceptors (Lipinski definition) is 6. The number of rotatable bonds is 9. The number of nitrogens with zero attached hydrogens (tertiary/aromatic N) is 3. The minimum atomic E-state index is -0.645. The fraction of sp³-hybridized carbons (Fsp3) is 0.538. The zero-order chi connectivity index (χ0) is 16.4. The first-order valence-corrected chi connectivity index (χ1v) is 7.10. The number of nitrogens with one attached hydrogen (secondary N) is 2. The Kier molecular flexibility index (Phi) is 10.4. The van der Waals surface area contributed by atoms with Gasteiger partial charge in [0.25, 0.3) is 0 Å². The van der Waals surface area contributed by atoms with Crippen molar-refractivity contribution in [3.63, 3.8) is 0 Å². The van der Waals surface area contributed by atoms with Crippen molar-refractivity contribution in [2.45, 2.75) is 20.3 Å². The molecule has 1 aromatic heterocycles. The number of hydrogen-bond donors (Lipinski definition) is 2. The lowest BCUT2D eigenvalue weighted by atomic mass is 10.3. The van der Waals surface area contributed by atoms with Gasteiger partial charge in [-0.05, 0) is 32.1 Å². The molecule has 0 aliphatic rings. The molecule has 130 valence electrons. The molecule has 2 N–H and O–H groups in total. The number of urea groups is 1. The van der Waals surface area contributed by atoms with E-state index in [1.807, 2.05) is 0 Å². The van der Waals surface area contributed by atoms with Gasteiger partial charge >= 0.3 is 11.9 Å². The third-order valence-corrected chi connectivity index (χ3v) is 2.98. The van der Waals surface area contributed by atoms with Crippen LogP contribution in [0.5, 0.6) is 0 Å². The van der Waals surface area contributed by atoms with E-state index >= 15 is 0 Å². The molecule has 0 aliphatic carbocycles. The predicted molar refractivity (Wildman–Crippen MR) is 89.1 cm³/mol. The Morgan fingerprint density at radius 3 is 2.70 bits per heavy atom. The second kappa shape index (κ2) is 11.4. The maximum Gasteiger partial charge on any atom is 0.433 e. The lowest BCUT2D eigenvalue weighted by molar-refractivity contribution is -0.402. The van der Waals surface area contributed by atoms with Crippen molar-refractivity contribution >= 4 is 30.5 Å². The summed E-state index contributed by atoms with van der Waals surface area (Å²) in [4.78, 5) is 23.5. The summed E-state index contributed by atoms with van der Waals surface area (Å²) in [5, 5.41) is 16.7. The number of carbonyl (C=O) groups excluding carboxylic acids is 1. The highest BCUT2D eigenvalue weighted by Gasteiger charge is 2.10. The molecule has 0 spiro atoms. The normalized spacial score (nSPS) is 10.6. The van der Waals surface area contributed by atoms with Crippen molar-refractivity contribution in [2.24, 2.45) is 5.10 Å². The first-order chi connectivity index (χ1) is 10.6. The topological polar surface area (TPSA) is 113 Å². The van der Waals surface area contributed by atoms with Crippen LogP contribution in [0.3, 0.4) is 0 Å². The summed E-state index contributed by atoms with van der Waals surface area (Å²) in [6.07, 6.45) is 2.05. The number of amides is 2. The van der Waals surface area contributed by atoms with Crippen molar-refractivity contribution in [3.8, 4) is 0 Å². The molecule has 0 atom stereocenters. The summed E-state index contributed by atoms with van der Waals surface area (Å²) in [6.45, 7) is 7.63. The second-order valence-electron chi connectivity index (χ2n) is 4.44. The Labute approximate surface area is 140 Å². The zero-order valence-electron chi connectivity index (χ0n) is 13.2. The molecule has 0 fully saturated rings. The SMILES string of the molecule is CCN(CC)CCCNC(=O)N/N=C/c1ccc([N+](=O)[O-])o1.Cl. The van der Waals surface area contributed by atoms with Gasteiger partial charge in [-0.1, -0.05) is 13.8 Å². The van der Waals surface area contributed by atoms with Gasteiger partial charge in [0, 0.05) is 6.54 Å². The van der Waals surface area contributed by atoms with Crippen LogP contribution in [0.4, 0.5) is 10.7 Å². The second-order valence-corrected chi connectivity index (χ2v) is 4.44. The van der Waals surface area contributed by atoms with Gasteiger partial charge < -0.3 is 14.6 Å². The fourth-order valence-corrected chi connectivity index (χ4v) is 1.75. The maximum atomic E-state index is 11.4. The largest absolute Gasteiger partial charge is 0.433 e. The number of furan rings is 1. The summed E-state index contributed by atoms with van der Waals surface area (Å²) < 4.78 is 4.85. The Hall–Kier alpha value is -2.13. The van der Waals surface area contributed by atoms with Gasteiger partial charge in [-0.3, -0.25) is 10.1 Å². The van der Waals surface area contributed by atoms with Crippen LogP contribution in [0.1, 0.15) is 26.0 Å². The fourth-order valence-electron chi connectivity index (χ4n) is 1.75. The third kappa shape index (κ3) is 8.17. The van der Waals surface area contributed by atoms with E-state index in [4.69, 9.17) is 4.42 Å². The lowest BCUT2D eigenvalue weighted by Gasteiger charge is -2.17. The van der Waals surface area contributed by atoms with Crippen molar-refractivity contribution in [1.82, 2.24) is 15.6 Å². The van der Waals surface area contributed by atoms with Gasteiger partial charge in [0.15, 0.2) is 5.76 Å². The molecule has 0 saturated carbocycles. The summed E-state index contributed by atoms with van der Waals surface area (Å²) >= 11 is 0. The molecule has 0 saturated heterocycles. The average Bonchev–Trinajstić information content (AvgIpc) is 2.96. The highest BCUT2D eigenvalue weighted by Crippen LogP contribution is 2.13. The van der Waals surface area contributed by atoms with Gasteiger partial charge in [-0.25, -0.2) is 10.2 Å². The molecule has 9 nitrogen and oxygen atoms in total. The summed E-state index contributed by atoms with van der Waals surface area (Å²) in [7, 11) is 0. The van der Waals surface area contributed by atoms with E-state index in [1.165, 1.54) is 18.3 Å². The molecule has 0 aliphatic heterocycles. The monoisotopic (exact) mass is 347 g/mol. The van der Waals surface area contributed by atoms with Crippen LogP contribution in [0.2, 0.25) is 0 Å². The van der Waals surface area contributed by atoms with E-state index in [0.717, 1.165) is 26.1 Å². The summed E-state index contributed by atoms with van der Waals surface area (Å²) in [5.41, 5.74) is 2.26. The molecule has 10 heteroatoms. The number of nitro groups is 1. The molecule has 1 aromatic rings. The smallest absolute Gasteiger partial charge is 0.400 e. The van der Waals surface area contributed by atoms with Crippen LogP contribution in [-0.4, -0.2) is 48.2 Å². The molecule has 2 amide bonds. The average molecular weight is 348 g/mol. The molecule has 0 unspecified atom stereocenters. The van der Waals surface area contributed by atoms with Crippen LogP contribution in [0, 0.1) is 10.1 Å². The molecule has 0 radical (unpaired) electrons. The van der Waals surface area contributed by atoms with Crippen LogP contribution >= 0.6 is 12.4 Å². The van der Waals surface area contributed by atoms with Crippen molar-refractivity contribution in [1.29, 1.82) is 0 Å². The number of hydrazone groups is 1. The van der Waals surface area contributed by atoms with Gasteiger partial charge in [-0.2, -0.15) is 5.10 Å². The zero-order valence-corrected chi connectivity index (χ0v) is 14.0. The van der Waals surface area contributed by atoms with E-state index in [0.29, 0.717) is 6.54 Å². The third-order valence-electron chi connectivity index (χ3n) is 2.98. The minimum absolute atomic E-state index is 0. The standard InChI is InChI=1S/C13H21N5O4.ClH/c1-3-17(4-2)9-5-8-14-13(19)16-15-10-11-6-7-12(22-11)18(20)21;/h6-7,10H,3-5,8-9H2,1-2H3,(H2,14,16,19);1H/b15-10+;. The first-order valence-electron chi connectivity index (χ1n) is 7.10. The van der Waals surface area contributed by atoms with Gasteiger partial charge in [-0.15, -0.1) is 12.4 Å². The molecule has 1 heterocycles. The molecule has 0 aromatic carbocycles. The Bertz CT molecular complexity index is 516. The first kappa shape index (κ1) is 20.9. The molecule has 0 bridgehead atoms. The van der Waals surface area contributed by atoms with Gasteiger partial charge in [0.05, 0.1) is 12.3 Å². The van der Waals surface area contributed by atoms with Crippen molar-refractivity contribution in [3.05, 3.63) is 28.0 Å². The Morgan fingerprint density at radius 2 is 2.13 bits per heavy atom. The predicted octanol–water partition coefficient (Wildman–Crippen LogP) is 1.97. The molecule has 1 rings (SSSR count). The highest BCUT2D eigenvalue weighted by molar-refractivity contribution is 5.85. The van der Waals surface area contributed by atoms with E-state index in [9.17, 15) is 14.9 Å². The highest BCUT2D eigenvalue weighted by atomic mass is 35.5. The van der Waals surface area contributed by atoms with E-state index in [2.05, 4.69) is 34.6 Å². The van der Waals surface area contributed by atoms with Crippen LogP contribution < -0.4 is 10.7 Å². The van der Waals surface area contributed by atoms with E-state index in [1.54, 1.807) is 0 Å². The van der Waals surface area contributed by atoms with Crippen molar-refractivity contribution < 1.29 is 14.1 Å². The Morgan fingerprint density at radius 1 is 1.43 bits per heavy atom. The summed E-state index contributed by atoms with van der Waals surface area (Å²) in [6, 6.07) is 2.18. The van der Waals surface area contributed by atoms with E-state index < -0.39 is 11.0 Å². The number of halogens is 1. The van der Waals surface area contributed by atoms with Crippen LogP contribution in [0.25, 0.3) is 0 Å². The molecule has 23 heavy (non-hydrogen) atoms. The number of carbonyl (C=O) groups is 1.